The summed E-state index contributed by atoms with van der Waals surface area (Å²) in [4.78, 5) is 2.52. The number of piperidine rings is 1. The standard InChI is InChI=1S/C13H27NO2/c1-13(2,16-3)7-9-14-8-4-5-12(11-14)6-10-15/h12,15H,4-11H2,1-3H3. The predicted octanol–water partition coefficient (Wildman–Crippen LogP) is 1.90. The van der Waals surface area contributed by atoms with E-state index in [1.54, 1.807) is 7.11 Å². The van der Waals surface area contributed by atoms with Crippen LogP contribution in [0.4, 0.5) is 0 Å². The Bertz CT molecular complexity index is 192. The molecule has 0 aromatic rings. The SMILES string of the molecule is COC(C)(C)CCN1CCCC(CCO)C1. The molecule has 0 aromatic heterocycles. The number of aliphatic hydroxyl groups is 1. The van der Waals surface area contributed by atoms with Crippen molar-refractivity contribution in [3.63, 3.8) is 0 Å². The fraction of sp³-hybridized carbons (Fsp3) is 1.00. The van der Waals surface area contributed by atoms with Gasteiger partial charge in [-0.25, -0.2) is 0 Å². The summed E-state index contributed by atoms with van der Waals surface area (Å²) in [5.74, 6) is 0.699. The Morgan fingerprint density at radius 3 is 2.81 bits per heavy atom. The summed E-state index contributed by atoms with van der Waals surface area (Å²) in [6, 6.07) is 0. The topological polar surface area (TPSA) is 32.7 Å². The highest BCUT2D eigenvalue weighted by molar-refractivity contribution is 4.76. The maximum absolute atomic E-state index is 8.96. The van der Waals surface area contributed by atoms with Gasteiger partial charge in [0.25, 0.3) is 0 Å². The van der Waals surface area contributed by atoms with Gasteiger partial charge in [-0.15, -0.1) is 0 Å². The number of hydrogen-bond donors (Lipinski definition) is 1. The van der Waals surface area contributed by atoms with E-state index in [-0.39, 0.29) is 5.60 Å². The van der Waals surface area contributed by atoms with Crippen LogP contribution >= 0.6 is 0 Å². The highest BCUT2D eigenvalue weighted by Crippen LogP contribution is 2.21. The Morgan fingerprint density at radius 2 is 2.19 bits per heavy atom. The van der Waals surface area contributed by atoms with E-state index in [4.69, 9.17) is 9.84 Å². The quantitative estimate of drug-likeness (QED) is 0.755. The molecule has 0 spiro atoms. The number of likely N-dealkylation sites (tertiary alicyclic amines) is 1. The molecule has 16 heavy (non-hydrogen) atoms. The normalized spacial score (nSPS) is 23.6. The highest BCUT2D eigenvalue weighted by Gasteiger charge is 2.22. The largest absolute Gasteiger partial charge is 0.396 e. The molecule has 1 atom stereocenters. The summed E-state index contributed by atoms with van der Waals surface area (Å²) in [6.45, 7) is 8.09. The molecule has 3 nitrogen and oxygen atoms in total. The molecule has 1 saturated heterocycles. The van der Waals surface area contributed by atoms with Crippen LogP contribution in [0.2, 0.25) is 0 Å². The molecule has 96 valence electrons. The van der Waals surface area contributed by atoms with E-state index in [2.05, 4.69) is 18.7 Å². The number of hydrogen-bond acceptors (Lipinski definition) is 3. The minimum Gasteiger partial charge on any atom is -0.396 e. The van der Waals surface area contributed by atoms with Crippen LogP contribution in [0.3, 0.4) is 0 Å². The average molecular weight is 229 g/mol. The lowest BCUT2D eigenvalue weighted by Crippen LogP contribution is -2.39. The minimum absolute atomic E-state index is 0.01000. The Kier molecular flexibility index (Phi) is 5.73. The molecule has 1 aliphatic rings. The van der Waals surface area contributed by atoms with Crippen LogP contribution in [0.1, 0.15) is 39.5 Å². The van der Waals surface area contributed by atoms with Crippen molar-refractivity contribution in [2.24, 2.45) is 5.92 Å². The molecule has 1 unspecified atom stereocenters. The summed E-state index contributed by atoms with van der Waals surface area (Å²) < 4.78 is 5.44. The summed E-state index contributed by atoms with van der Waals surface area (Å²) >= 11 is 0. The molecule has 0 aromatic carbocycles. The Morgan fingerprint density at radius 1 is 1.44 bits per heavy atom. The van der Waals surface area contributed by atoms with Crippen molar-refractivity contribution in [2.45, 2.75) is 45.1 Å². The van der Waals surface area contributed by atoms with E-state index >= 15 is 0 Å². The van der Waals surface area contributed by atoms with E-state index < -0.39 is 0 Å². The molecule has 1 rings (SSSR count). The zero-order valence-electron chi connectivity index (χ0n) is 11.0. The molecule has 0 amide bonds. The molecule has 0 radical (unpaired) electrons. The number of ether oxygens (including phenoxy) is 1. The Labute approximate surface area is 99.8 Å². The van der Waals surface area contributed by atoms with E-state index in [1.807, 2.05) is 0 Å². The molecular formula is C13H27NO2. The first kappa shape index (κ1) is 13.9. The van der Waals surface area contributed by atoms with Gasteiger partial charge in [0.2, 0.25) is 0 Å². The number of nitrogens with zero attached hydrogens (tertiary/aromatic N) is 1. The van der Waals surface area contributed by atoms with Crippen molar-refractivity contribution in [1.82, 2.24) is 4.90 Å². The molecule has 0 aliphatic carbocycles. The zero-order chi connectivity index (χ0) is 12.0. The Balaban J connectivity index is 2.26. The van der Waals surface area contributed by atoms with Crippen molar-refractivity contribution < 1.29 is 9.84 Å². The lowest BCUT2D eigenvalue weighted by atomic mass is 9.94. The minimum atomic E-state index is -0.01000. The zero-order valence-corrected chi connectivity index (χ0v) is 11.0. The third-order valence-electron chi connectivity index (χ3n) is 3.72. The van der Waals surface area contributed by atoms with Crippen LogP contribution in [0.25, 0.3) is 0 Å². The van der Waals surface area contributed by atoms with E-state index in [1.165, 1.54) is 19.4 Å². The van der Waals surface area contributed by atoms with Gasteiger partial charge in [-0.1, -0.05) is 0 Å². The molecule has 1 aliphatic heterocycles. The van der Waals surface area contributed by atoms with Crippen LogP contribution in [-0.4, -0.2) is 49.0 Å². The van der Waals surface area contributed by atoms with Gasteiger partial charge in [0.1, 0.15) is 0 Å². The number of aliphatic hydroxyl groups excluding tert-OH is 1. The number of rotatable bonds is 6. The van der Waals surface area contributed by atoms with Crippen LogP contribution < -0.4 is 0 Å². The highest BCUT2D eigenvalue weighted by atomic mass is 16.5. The van der Waals surface area contributed by atoms with Gasteiger partial charge < -0.3 is 14.7 Å². The van der Waals surface area contributed by atoms with E-state index in [0.717, 1.165) is 25.9 Å². The van der Waals surface area contributed by atoms with Gasteiger partial charge in [0.15, 0.2) is 0 Å². The first-order valence-corrected chi connectivity index (χ1v) is 6.46. The summed E-state index contributed by atoms with van der Waals surface area (Å²) in [5.41, 5.74) is -0.01000. The second-order valence-corrected chi connectivity index (χ2v) is 5.53. The maximum Gasteiger partial charge on any atom is 0.0634 e. The van der Waals surface area contributed by atoms with Gasteiger partial charge >= 0.3 is 0 Å². The van der Waals surface area contributed by atoms with Crippen LogP contribution in [-0.2, 0) is 4.74 Å². The molecule has 1 N–H and O–H groups in total. The third kappa shape index (κ3) is 4.81. The van der Waals surface area contributed by atoms with Crippen molar-refractivity contribution in [2.75, 3.05) is 33.4 Å². The first-order chi connectivity index (χ1) is 7.57. The first-order valence-electron chi connectivity index (χ1n) is 6.46. The van der Waals surface area contributed by atoms with Crippen molar-refractivity contribution in [3.8, 4) is 0 Å². The second-order valence-electron chi connectivity index (χ2n) is 5.53. The summed E-state index contributed by atoms with van der Waals surface area (Å²) in [6.07, 6.45) is 4.60. The third-order valence-corrected chi connectivity index (χ3v) is 3.72. The van der Waals surface area contributed by atoms with Gasteiger partial charge in [-0.3, -0.25) is 0 Å². The predicted molar refractivity (Wildman–Crippen MR) is 66.6 cm³/mol. The molecule has 1 heterocycles. The summed E-state index contributed by atoms with van der Waals surface area (Å²) in [7, 11) is 1.78. The van der Waals surface area contributed by atoms with Crippen molar-refractivity contribution in [3.05, 3.63) is 0 Å². The molecule has 1 fully saturated rings. The lowest BCUT2D eigenvalue weighted by molar-refractivity contribution is 0.00359. The van der Waals surface area contributed by atoms with E-state index in [0.29, 0.717) is 12.5 Å². The van der Waals surface area contributed by atoms with Gasteiger partial charge in [-0.05, 0) is 52.0 Å². The van der Waals surface area contributed by atoms with Crippen LogP contribution in [0.5, 0.6) is 0 Å². The lowest BCUT2D eigenvalue weighted by Gasteiger charge is -2.34. The average Bonchev–Trinajstić information content (AvgIpc) is 2.28. The van der Waals surface area contributed by atoms with Crippen molar-refractivity contribution in [1.29, 1.82) is 0 Å². The van der Waals surface area contributed by atoms with Crippen LogP contribution in [0, 0.1) is 5.92 Å². The van der Waals surface area contributed by atoms with Crippen molar-refractivity contribution >= 4 is 0 Å². The molecule has 3 heteroatoms. The van der Waals surface area contributed by atoms with Gasteiger partial charge in [0.05, 0.1) is 5.60 Å². The molecular weight excluding hydrogens is 202 g/mol. The maximum atomic E-state index is 8.96. The van der Waals surface area contributed by atoms with Gasteiger partial charge in [-0.2, -0.15) is 0 Å². The van der Waals surface area contributed by atoms with Crippen LogP contribution in [0.15, 0.2) is 0 Å². The smallest absolute Gasteiger partial charge is 0.0634 e. The fourth-order valence-corrected chi connectivity index (χ4v) is 2.30. The summed E-state index contributed by atoms with van der Waals surface area (Å²) in [5, 5.41) is 8.96. The second kappa shape index (κ2) is 6.58. The monoisotopic (exact) mass is 229 g/mol. The fourth-order valence-electron chi connectivity index (χ4n) is 2.30. The van der Waals surface area contributed by atoms with E-state index in [9.17, 15) is 0 Å². The number of methoxy groups -OCH3 is 1. The molecule has 0 bridgehead atoms. The Hall–Kier alpha value is -0.120. The molecule has 0 saturated carbocycles. The van der Waals surface area contributed by atoms with Gasteiger partial charge in [0, 0.05) is 26.8 Å².